The molecule has 1 aromatic carbocycles. The summed E-state index contributed by atoms with van der Waals surface area (Å²) in [6, 6.07) is 7.94. The van der Waals surface area contributed by atoms with Crippen molar-refractivity contribution in [2.75, 3.05) is 0 Å². The van der Waals surface area contributed by atoms with Crippen molar-refractivity contribution >= 4 is 17.4 Å². The van der Waals surface area contributed by atoms with E-state index in [-0.39, 0.29) is 11.0 Å². The third-order valence-corrected chi connectivity index (χ3v) is 2.95. The van der Waals surface area contributed by atoms with Crippen LogP contribution in [0.4, 0.5) is 5.82 Å². The number of nitro groups is 1. The van der Waals surface area contributed by atoms with Gasteiger partial charge in [-0.05, 0) is 48.1 Å². The molecule has 0 spiro atoms. The Labute approximate surface area is 121 Å². The Morgan fingerprint density at radius 1 is 1.55 bits per heavy atom. The average molecular weight is 289 g/mol. The van der Waals surface area contributed by atoms with Crippen LogP contribution in [-0.2, 0) is 6.42 Å². The van der Waals surface area contributed by atoms with Gasteiger partial charge in [0, 0.05) is 6.42 Å². The molecule has 2 rings (SSSR count). The number of aromatic nitrogens is 2. The fraction of sp³-hybridized carbons (Fsp3) is 0.214. The van der Waals surface area contributed by atoms with E-state index in [0.717, 1.165) is 11.1 Å². The number of nitrogens with zero attached hydrogens (tertiary/aromatic N) is 3. The molecule has 0 fully saturated rings. The van der Waals surface area contributed by atoms with Crippen LogP contribution >= 0.6 is 11.6 Å². The molecule has 1 aromatic heterocycles. The number of aryl methyl sites for hydroxylation is 1. The zero-order chi connectivity index (χ0) is 14.7. The van der Waals surface area contributed by atoms with Crippen LogP contribution in [0.25, 0.3) is 5.69 Å². The standard InChI is InChI=1S/C14H11ClN3O2/c1-3-4-5-11-7-6-10(2)8-12(11)17-13(15)9-14(16-17)18(19)20/h7-9H,5H2,1-2H3. The van der Waals surface area contributed by atoms with Gasteiger partial charge in [0.2, 0.25) is 0 Å². The minimum atomic E-state index is -0.574. The Kier molecular flexibility index (Phi) is 4.06. The highest BCUT2D eigenvalue weighted by molar-refractivity contribution is 6.30. The smallest absolute Gasteiger partial charge is 0.358 e. The van der Waals surface area contributed by atoms with Crippen molar-refractivity contribution in [1.82, 2.24) is 9.78 Å². The van der Waals surface area contributed by atoms with Crippen LogP contribution in [-0.4, -0.2) is 14.7 Å². The van der Waals surface area contributed by atoms with Crippen LogP contribution in [0.1, 0.15) is 18.1 Å². The molecule has 5 nitrogen and oxygen atoms in total. The van der Waals surface area contributed by atoms with E-state index in [2.05, 4.69) is 23.0 Å². The minimum Gasteiger partial charge on any atom is -0.358 e. The quantitative estimate of drug-likeness (QED) is 0.495. The topological polar surface area (TPSA) is 61.0 Å². The Morgan fingerprint density at radius 2 is 2.30 bits per heavy atom. The highest BCUT2D eigenvalue weighted by Gasteiger charge is 2.20. The molecule has 0 saturated heterocycles. The summed E-state index contributed by atoms with van der Waals surface area (Å²) in [7, 11) is 0. The molecule has 0 aliphatic carbocycles. The SMILES string of the molecule is CC#CCc1c[c]c(C)cc1-n1nc([N+](=O)[O-])cc1Cl. The minimum absolute atomic E-state index is 0.188. The van der Waals surface area contributed by atoms with Crippen molar-refractivity contribution in [2.45, 2.75) is 20.3 Å². The van der Waals surface area contributed by atoms with Crippen molar-refractivity contribution in [1.29, 1.82) is 0 Å². The van der Waals surface area contributed by atoms with Crippen LogP contribution in [0.15, 0.2) is 18.2 Å². The number of benzene rings is 1. The van der Waals surface area contributed by atoms with E-state index in [1.807, 2.05) is 13.0 Å². The van der Waals surface area contributed by atoms with E-state index >= 15 is 0 Å². The summed E-state index contributed by atoms with van der Waals surface area (Å²) in [6.07, 6.45) is 0.507. The van der Waals surface area contributed by atoms with Gasteiger partial charge in [-0.25, -0.2) is 0 Å². The van der Waals surface area contributed by atoms with Gasteiger partial charge in [-0.2, -0.15) is 0 Å². The Balaban J connectivity index is 2.57. The first-order valence-electron chi connectivity index (χ1n) is 5.84. The molecule has 20 heavy (non-hydrogen) atoms. The molecule has 0 bridgehead atoms. The van der Waals surface area contributed by atoms with E-state index in [4.69, 9.17) is 11.6 Å². The number of halogens is 1. The van der Waals surface area contributed by atoms with E-state index in [1.165, 1.54) is 10.7 Å². The van der Waals surface area contributed by atoms with Crippen LogP contribution < -0.4 is 0 Å². The highest BCUT2D eigenvalue weighted by atomic mass is 35.5. The van der Waals surface area contributed by atoms with Crippen molar-refractivity contribution in [2.24, 2.45) is 0 Å². The summed E-state index contributed by atoms with van der Waals surface area (Å²) in [6.45, 7) is 3.63. The van der Waals surface area contributed by atoms with Gasteiger partial charge in [0.25, 0.3) is 0 Å². The molecule has 0 aliphatic heterocycles. The van der Waals surface area contributed by atoms with Crippen molar-refractivity contribution < 1.29 is 4.92 Å². The van der Waals surface area contributed by atoms with E-state index in [9.17, 15) is 10.1 Å². The number of hydrogen-bond donors (Lipinski definition) is 0. The second-order valence-corrected chi connectivity index (χ2v) is 4.51. The van der Waals surface area contributed by atoms with E-state index in [1.54, 1.807) is 13.0 Å². The number of rotatable bonds is 3. The van der Waals surface area contributed by atoms with Gasteiger partial charge >= 0.3 is 5.82 Å². The molecule has 0 amide bonds. The van der Waals surface area contributed by atoms with Crippen LogP contribution in [0.2, 0.25) is 5.15 Å². The van der Waals surface area contributed by atoms with Crippen LogP contribution in [0, 0.1) is 34.9 Å². The van der Waals surface area contributed by atoms with Gasteiger partial charge in [-0.15, -0.1) is 10.6 Å². The van der Waals surface area contributed by atoms with E-state index < -0.39 is 4.92 Å². The molecule has 0 N–H and O–H groups in total. The maximum Gasteiger partial charge on any atom is 0.392 e. The van der Waals surface area contributed by atoms with Gasteiger partial charge in [0.15, 0.2) is 5.15 Å². The second-order valence-electron chi connectivity index (χ2n) is 4.12. The van der Waals surface area contributed by atoms with Crippen LogP contribution in [0.3, 0.4) is 0 Å². The van der Waals surface area contributed by atoms with Crippen molar-refractivity contribution in [3.63, 3.8) is 0 Å². The van der Waals surface area contributed by atoms with Gasteiger partial charge in [-0.1, -0.05) is 17.5 Å². The Morgan fingerprint density at radius 3 is 2.90 bits per heavy atom. The van der Waals surface area contributed by atoms with Crippen molar-refractivity contribution in [3.05, 3.63) is 50.7 Å². The second kappa shape index (κ2) is 5.76. The van der Waals surface area contributed by atoms with E-state index in [0.29, 0.717) is 12.1 Å². The normalized spacial score (nSPS) is 9.95. The summed E-state index contributed by atoms with van der Waals surface area (Å²) in [5, 5.41) is 14.9. The summed E-state index contributed by atoms with van der Waals surface area (Å²) >= 11 is 6.03. The lowest BCUT2D eigenvalue weighted by atomic mass is 10.1. The molecule has 101 valence electrons. The summed E-state index contributed by atoms with van der Waals surface area (Å²) in [4.78, 5) is 10.2. The Bertz CT molecular complexity index is 726. The maximum atomic E-state index is 10.8. The predicted molar refractivity (Wildman–Crippen MR) is 76.0 cm³/mol. The first kappa shape index (κ1) is 14.1. The first-order chi connectivity index (χ1) is 9.52. The van der Waals surface area contributed by atoms with Gasteiger partial charge in [0.1, 0.15) is 0 Å². The molecule has 0 unspecified atom stereocenters. The first-order valence-corrected chi connectivity index (χ1v) is 6.22. The van der Waals surface area contributed by atoms with Gasteiger partial charge < -0.3 is 10.1 Å². The van der Waals surface area contributed by atoms with Crippen LogP contribution in [0.5, 0.6) is 0 Å². The summed E-state index contributed by atoms with van der Waals surface area (Å²) in [5.74, 6) is 5.48. The lowest BCUT2D eigenvalue weighted by Gasteiger charge is -2.06. The highest BCUT2D eigenvalue weighted by Crippen LogP contribution is 2.24. The average Bonchev–Trinajstić information content (AvgIpc) is 2.79. The third kappa shape index (κ3) is 2.81. The van der Waals surface area contributed by atoms with Crippen molar-refractivity contribution in [3.8, 4) is 17.5 Å². The van der Waals surface area contributed by atoms with Gasteiger partial charge in [-0.3, -0.25) is 0 Å². The molecule has 2 aromatic rings. The fourth-order valence-corrected chi connectivity index (χ4v) is 1.97. The molecule has 6 heteroatoms. The molecular formula is C14H11ClN3O2. The fourth-order valence-electron chi connectivity index (χ4n) is 1.74. The molecule has 1 heterocycles. The molecule has 0 aliphatic rings. The lowest BCUT2D eigenvalue weighted by Crippen LogP contribution is -2.03. The summed E-state index contributed by atoms with van der Waals surface area (Å²) in [5.41, 5.74) is 2.44. The molecule has 0 saturated carbocycles. The third-order valence-electron chi connectivity index (χ3n) is 2.68. The number of hydrogen-bond acceptors (Lipinski definition) is 3. The zero-order valence-corrected chi connectivity index (χ0v) is 11.7. The molecule has 0 atom stereocenters. The molecular weight excluding hydrogens is 278 g/mol. The maximum absolute atomic E-state index is 10.8. The lowest BCUT2D eigenvalue weighted by molar-refractivity contribution is -0.389. The molecule has 1 radical (unpaired) electrons. The monoisotopic (exact) mass is 288 g/mol. The zero-order valence-electron chi connectivity index (χ0n) is 11.0. The Hall–Kier alpha value is -2.32. The van der Waals surface area contributed by atoms with Gasteiger partial charge in [0.05, 0.1) is 16.9 Å². The predicted octanol–water partition coefficient (Wildman–Crippen LogP) is 3.11. The summed E-state index contributed by atoms with van der Waals surface area (Å²) < 4.78 is 1.35. The largest absolute Gasteiger partial charge is 0.392 e.